The Balaban J connectivity index is 1.97. The monoisotopic (exact) mass is 349 g/mol. The van der Waals surface area contributed by atoms with Gasteiger partial charge in [0.2, 0.25) is 0 Å². The molecule has 25 heavy (non-hydrogen) atoms. The van der Waals surface area contributed by atoms with Crippen molar-refractivity contribution in [2.45, 2.75) is 6.10 Å². The number of nitrogens with one attached hydrogen (secondary N) is 3. The minimum atomic E-state index is -1.22. The fraction of sp³-hybridized carbons (Fsp3) is 0.176. The van der Waals surface area contributed by atoms with E-state index in [0.717, 1.165) is 6.07 Å². The van der Waals surface area contributed by atoms with Crippen LogP contribution in [0.4, 0.5) is 19.3 Å². The summed E-state index contributed by atoms with van der Waals surface area (Å²) < 4.78 is 27.1. The number of anilines is 1. The van der Waals surface area contributed by atoms with Gasteiger partial charge in [0.25, 0.3) is 5.91 Å². The number of urea groups is 1. The predicted octanol–water partition coefficient (Wildman–Crippen LogP) is 2.18. The summed E-state index contributed by atoms with van der Waals surface area (Å²) in [7, 11) is 1.36. The first kappa shape index (κ1) is 18.3. The van der Waals surface area contributed by atoms with E-state index < -0.39 is 29.7 Å². The SMILES string of the molecule is CNC(=O)c1cc(NC(=O)NCC(O)c2ccccc2F)ccc1F. The molecular weight excluding hydrogens is 332 g/mol. The van der Waals surface area contributed by atoms with Gasteiger partial charge in [0.15, 0.2) is 0 Å². The van der Waals surface area contributed by atoms with Crippen molar-refractivity contribution in [3.05, 3.63) is 65.2 Å². The van der Waals surface area contributed by atoms with Gasteiger partial charge >= 0.3 is 6.03 Å². The molecule has 0 aliphatic carbocycles. The lowest BCUT2D eigenvalue weighted by atomic mass is 10.1. The number of rotatable bonds is 5. The topological polar surface area (TPSA) is 90.5 Å². The predicted molar refractivity (Wildman–Crippen MR) is 88.2 cm³/mol. The Hall–Kier alpha value is -3.00. The van der Waals surface area contributed by atoms with Crippen LogP contribution in [0.15, 0.2) is 42.5 Å². The second-order valence-electron chi connectivity index (χ2n) is 5.15. The van der Waals surface area contributed by atoms with Crippen molar-refractivity contribution in [1.82, 2.24) is 10.6 Å². The van der Waals surface area contributed by atoms with Crippen molar-refractivity contribution in [2.75, 3.05) is 18.9 Å². The molecule has 2 aromatic rings. The highest BCUT2D eigenvalue weighted by Gasteiger charge is 2.15. The average molecular weight is 349 g/mol. The van der Waals surface area contributed by atoms with Gasteiger partial charge in [-0.05, 0) is 24.3 Å². The van der Waals surface area contributed by atoms with E-state index in [-0.39, 0.29) is 23.4 Å². The van der Waals surface area contributed by atoms with Crippen molar-refractivity contribution in [3.63, 3.8) is 0 Å². The lowest BCUT2D eigenvalue weighted by molar-refractivity contribution is 0.0959. The first-order valence-electron chi connectivity index (χ1n) is 7.41. The highest BCUT2D eigenvalue weighted by atomic mass is 19.1. The summed E-state index contributed by atoms with van der Waals surface area (Å²) in [6.07, 6.45) is -1.22. The molecule has 0 saturated heterocycles. The van der Waals surface area contributed by atoms with E-state index in [9.17, 15) is 23.5 Å². The van der Waals surface area contributed by atoms with Crippen molar-refractivity contribution in [3.8, 4) is 0 Å². The first-order valence-corrected chi connectivity index (χ1v) is 7.41. The molecule has 0 heterocycles. The Kier molecular flexibility index (Phi) is 6.02. The molecule has 0 aromatic heterocycles. The zero-order chi connectivity index (χ0) is 18.4. The van der Waals surface area contributed by atoms with Crippen LogP contribution in [0.2, 0.25) is 0 Å². The van der Waals surface area contributed by atoms with E-state index in [4.69, 9.17) is 0 Å². The molecule has 6 nitrogen and oxygen atoms in total. The standard InChI is InChI=1S/C17H17F2N3O3/c1-20-16(24)12-8-10(6-7-14(12)19)22-17(25)21-9-15(23)11-4-2-3-5-13(11)18/h2-8,15,23H,9H2,1H3,(H,20,24)(H2,21,22,25). The molecule has 0 aliphatic heterocycles. The third-order valence-corrected chi connectivity index (χ3v) is 3.42. The van der Waals surface area contributed by atoms with Gasteiger partial charge in [-0.2, -0.15) is 0 Å². The van der Waals surface area contributed by atoms with Gasteiger partial charge in [-0.25, -0.2) is 13.6 Å². The molecule has 0 saturated carbocycles. The fourth-order valence-corrected chi connectivity index (χ4v) is 2.13. The first-order chi connectivity index (χ1) is 11.9. The molecule has 0 bridgehead atoms. The van der Waals surface area contributed by atoms with Crippen LogP contribution in [-0.4, -0.2) is 30.6 Å². The Morgan fingerprint density at radius 1 is 1.12 bits per heavy atom. The van der Waals surface area contributed by atoms with Crippen molar-refractivity contribution in [1.29, 1.82) is 0 Å². The van der Waals surface area contributed by atoms with E-state index >= 15 is 0 Å². The van der Waals surface area contributed by atoms with Crippen molar-refractivity contribution in [2.24, 2.45) is 0 Å². The summed E-state index contributed by atoms with van der Waals surface area (Å²) in [5, 5.41) is 17.0. The molecule has 1 unspecified atom stereocenters. The molecule has 0 aliphatic rings. The number of aliphatic hydroxyl groups excluding tert-OH is 1. The molecule has 1 atom stereocenters. The normalized spacial score (nSPS) is 11.5. The average Bonchev–Trinajstić information content (AvgIpc) is 2.61. The molecule has 4 N–H and O–H groups in total. The van der Waals surface area contributed by atoms with Gasteiger partial charge in [0, 0.05) is 24.8 Å². The van der Waals surface area contributed by atoms with Crippen LogP contribution in [0.1, 0.15) is 22.0 Å². The molecule has 8 heteroatoms. The zero-order valence-corrected chi connectivity index (χ0v) is 13.3. The maximum atomic E-state index is 13.6. The molecular formula is C17H17F2N3O3. The Labute approximate surface area is 142 Å². The number of benzene rings is 2. The lowest BCUT2D eigenvalue weighted by Crippen LogP contribution is -2.32. The van der Waals surface area contributed by atoms with Crippen molar-refractivity contribution >= 4 is 17.6 Å². The highest BCUT2D eigenvalue weighted by molar-refractivity contribution is 5.97. The van der Waals surface area contributed by atoms with Crippen LogP contribution < -0.4 is 16.0 Å². The van der Waals surface area contributed by atoms with E-state index in [1.54, 1.807) is 6.07 Å². The fourth-order valence-electron chi connectivity index (χ4n) is 2.13. The summed E-state index contributed by atoms with van der Waals surface area (Å²) in [4.78, 5) is 23.4. The molecule has 3 amide bonds. The summed E-state index contributed by atoms with van der Waals surface area (Å²) in [6.45, 7) is -0.226. The summed E-state index contributed by atoms with van der Waals surface area (Å²) in [6, 6.07) is 8.51. The number of carbonyl (C=O) groups is 2. The van der Waals surface area contributed by atoms with E-state index in [1.165, 1.54) is 37.4 Å². The van der Waals surface area contributed by atoms with Crippen LogP contribution in [0, 0.1) is 11.6 Å². The van der Waals surface area contributed by atoms with Gasteiger partial charge < -0.3 is 21.1 Å². The largest absolute Gasteiger partial charge is 0.386 e. The molecule has 0 fully saturated rings. The number of aliphatic hydroxyl groups is 1. The number of hydrogen-bond donors (Lipinski definition) is 4. The molecule has 2 rings (SSSR count). The van der Waals surface area contributed by atoms with Crippen LogP contribution in [0.3, 0.4) is 0 Å². The summed E-state index contributed by atoms with van der Waals surface area (Å²) in [5.74, 6) is -1.93. The Morgan fingerprint density at radius 2 is 1.84 bits per heavy atom. The van der Waals surface area contributed by atoms with Gasteiger partial charge in [0.05, 0.1) is 11.7 Å². The molecule has 0 spiro atoms. The minimum Gasteiger partial charge on any atom is -0.386 e. The van der Waals surface area contributed by atoms with Gasteiger partial charge in [-0.3, -0.25) is 4.79 Å². The van der Waals surface area contributed by atoms with E-state index in [1.807, 2.05) is 0 Å². The highest BCUT2D eigenvalue weighted by Crippen LogP contribution is 2.16. The quantitative estimate of drug-likeness (QED) is 0.667. The molecule has 0 radical (unpaired) electrons. The van der Waals surface area contributed by atoms with Gasteiger partial charge in [0.1, 0.15) is 11.6 Å². The number of amides is 3. The second kappa shape index (κ2) is 8.20. The van der Waals surface area contributed by atoms with Crippen LogP contribution in [0.25, 0.3) is 0 Å². The molecule has 132 valence electrons. The molecule has 2 aromatic carbocycles. The van der Waals surface area contributed by atoms with Crippen molar-refractivity contribution < 1.29 is 23.5 Å². The number of carbonyl (C=O) groups excluding carboxylic acids is 2. The zero-order valence-electron chi connectivity index (χ0n) is 13.3. The van der Waals surface area contributed by atoms with E-state index in [0.29, 0.717) is 0 Å². The minimum absolute atomic E-state index is 0.0616. The summed E-state index contributed by atoms with van der Waals surface area (Å²) in [5.41, 5.74) is 0.0380. The maximum absolute atomic E-state index is 13.6. The van der Waals surface area contributed by atoms with Crippen LogP contribution in [0.5, 0.6) is 0 Å². The van der Waals surface area contributed by atoms with Crippen LogP contribution in [-0.2, 0) is 0 Å². The Morgan fingerprint density at radius 3 is 2.52 bits per heavy atom. The van der Waals surface area contributed by atoms with E-state index in [2.05, 4.69) is 16.0 Å². The Bertz CT molecular complexity index is 783. The van der Waals surface area contributed by atoms with Crippen LogP contribution >= 0.6 is 0 Å². The smallest absolute Gasteiger partial charge is 0.319 e. The third kappa shape index (κ3) is 4.74. The lowest BCUT2D eigenvalue weighted by Gasteiger charge is -2.14. The third-order valence-electron chi connectivity index (χ3n) is 3.42. The number of halogens is 2. The second-order valence-corrected chi connectivity index (χ2v) is 5.15. The van der Waals surface area contributed by atoms with Gasteiger partial charge in [-0.15, -0.1) is 0 Å². The summed E-state index contributed by atoms with van der Waals surface area (Å²) >= 11 is 0. The van der Waals surface area contributed by atoms with Gasteiger partial charge in [-0.1, -0.05) is 18.2 Å². The number of hydrogen-bond acceptors (Lipinski definition) is 3. The maximum Gasteiger partial charge on any atom is 0.319 e.